The van der Waals surface area contributed by atoms with Crippen LogP contribution in [-0.2, 0) is 19.1 Å². The van der Waals surface area contributed by atoms with Crippen LogP contribution in [-0.4, -0.2) is 31.5 Å². The van der Waals surface area contributed by atoms with E-state index < -0.39 is 11.9 Å². The van der Waals surface area contributed by atoms with Gasteiger partial charge >= 0.3 is 5.97 Å². The fourth-order valence-electron chi connectivity index (χ4n) is 2.49. The van der Waals surface area contributed by atoms with Gasteiger partial charge in [-0.2, -0.15) is 0 Å². The van der Waals surface area contributed by atoms with Gasteiger partial charge in [-0.05, 0) is 49.2 Å². The minimum Gasteiger partial charge on any atom is -0.495 e. The van der Waals surface area contributed by atoms with Crippen molar-refractivity contribution in [3.05, 3.63) is 52.5 Å². The van der Waals surface area contributed by atoms with Crippen LogP contribution in [0.25, 0.3) is 0 Å². The Morgan fingerprint density at radius 1 is 1.00 bits per heavy atom. The van der Waals surface area contributed by atoms with Crippen molar-refractivity contribution in [2.45, 2.75) is 26.2 Å². The molecule has 2 aromatic rings. The van der Waals surface area contributed by atoms with Crippen LogP contribution in [0.1, 0.15) is 24.8 Å². The molecule has 0 saturated carbocycles. The van der Waals surface area contributed by atoms with Crippen LogP contribution in [0.2, 0.25) is 0 Å². The van der Waals surface area contributed by atoms with E-state index in [0.29, 0.717) is 23.5 Å². The summed E-state index contributed by atoms with van der Waals surface area (Å²) >= 11 is 3.39. The summed E-state index contributed by atoms with van der Waals surface area (Å²) in [5, 5.41) is 5.40. The molecule has 7 nitrogen and oxygen atoms in total. The van der Waals surface area contributed by atoms with E-state index in [1.54, 1.807) is 30.3 Å². The third kappa shape index (κ3) is 7.57. The maximum atomic E-state index is 12.0. The summed E-state index contributed by atoms with van der Waals surface area (Å²) in [6.45, 7) is 1.53. The molecule has 154 valence electrons. The molecule has 0 bridgehead atoms. The van der Waals surface area contributed by atoms with Gasteiger partial charge in [-0.25, -0.2) is 0 Å². The van der Waals surface area contributed by atoms with Gasteiger partial charge in [-0.3, -0.25) is 14.4 Å². The summed E-state index contributed by atoms with van der Waals surface area (Å²) in [7, 11) is 1.52. The number of methoxy groups -OCH3 is 1. The molecule has 0 saturated heterocycles. The first-order chi connectivity index (χ1) is 13.9. The van der Waals surface area contributed by atoms with Crippen LogP contribution >= 0.6 is 15.9 Å². The lowest BCUT2D eigenvalue weighted by molar-refractivity contribution is -0.147. The minimum absolute atomic E-state index is 0.0457. The Morgan fingerprint density at radius 2 is 1.76 bits per heavy atom. The molecule has 0 aliphatic rings. The van der Waals surface area contributed by atoms with E-state index in [2.05, 4.69) is 26.6 Å². The Hall–Kier alpha value is -2.87. The Kier molecular flexibility index (Phi) is 8.67. The highest BCUT2D eigenvalue weighted by atomic mass is 79.9. The topological polar surface area (TPSA) is 93.7 Å². The van der Waals surface area contributed by atoms with E-state index in [1.807, 2.05) is 19.1 Å². The number of nitrogens with one attached hydrogen (secondary N) is 2. The summed E-state index contributed by atoms with van der Waals surface area (Å²) in [5.74, 6) is -0.621. The van der Waals surface area contributed by atoms with Gasteiger partial charge in [0.2, 0.25) is 5.91 Å². The second kappa shape index (κ2) is 11.2. The molecule has 0 spiro atoms. The predicted molar refractivity (Wildman–Crippen MR) is 114 cm³/mol. The zero-order valence-corrected chi connectivity index (χ0v) is 17.9. The monoisotopic (exact) mass is 462 g/mol. The summed E-state index contributed by atoms with van der Waals surface area (Å²) in [6.07, 6.45) is 0.509. The van der Waals surface area contributed by atoms with Crippen molar-refractivity contribution in [1.82, 2.24) is 0 Å². The Labute approximate surface area is 177 Å². The normalized spacial score (nSPS) is 10.2. The molecule has 0 atom stereocenters. The van der Waals surface area contributed by atoms with Crippen molar-refractivity contribution in [2.24, 2.45) is 0 Å². The van der Waals surface area contributed by atoms with E-state index in [4.69, 9.17) is 9.47 Å². The van der Waals surface area contributed by atoms with E-state index in [-0.39, 0.29) is 25.4 Å². The zero-order chi connectivity index (χ0) is 21.2. The summed E-state index contributed by atoms with van der Waals surface area (Å²) in [6, 6.07) is 12.5. The number of esters is 1. The molecule has 0 heterocycles. The number of para-hydroxylation sites is 2. The smallest absolute Gasteiger partial charge is 0.306 e. The molecular weight excluding hydrogens is 440 g/mol. The molecule has 2 amide bonds. The van der Waals surface area contributed by atoms with Crippen molar-refractivity contribution < 1.29 is 23.9 Å². The molecule has 29 heavy (non-hydrogen) atoms. The van der Waals surface area contributed by atoms with Gasteiger partial charge in [-0.15, -0.1) is 0 Å². The number of aryl methyl sites for hydroxylation is 1. The number of halogens is 1. The molecule has 0 unspecified atom stereocenters. The second-order valence-electron chi connectivity index (χ2n) is 6.27. The van der Waals surface area contributed by atoms with Gasteiger partial charge in [-0.1, -0.05) is 28.1 Å². The van der Waals surface area contributed by atoms with Crippen molar-refractivity contribution >= 4 is 45.1 Å². The third-order valence-corrected chi connectivity index (χ3v) is 4.86. The lowest BCUT2D eigenvalue weighted by atomic mass is 10.2. The maximum Gasteiger partial charge on any atom is 0.306 e. The molecule has 0 fully saturated rings. The number of ether oxygens (including phenoxy) is 2. The van der Waals surface area contributed by atoms with Crippen LogP contribution in [0, 0.1) is 6.92 Å². The SMILES string of the molecule is COc1ccccc1NC(=O)CCCC(=O)OCC(=O)Nc1ccc(Br)c(C)c1. The van der Waals surface area contributed by atoms with E-state index in [0.717, 1.165) is 10.0 Å². The number of hydrogen-bond donors (Lipinski definition) is 2. The van der Waals surface area contributed by atoms with Crippen LogP contribution in [0.15, 0.2) is 46.9 Å². The van der Waals surface area contributed by atoms with Crippen molar-refractivity contribution in [1.29, 1.82) is 0 Å². The van der Waals surface area contributed by atoms with E-state index in [1.165, 1.54) is 7.11 Å². The molecule has 2 rings (SSSR count). The zero-order valence-electron chi connectivity index (χ0n) is 16.3. The first-order valence-electron chi connectivity index (χ1n) is 9.03. The highest BCUT2D eigenvalue weighted by Crippen LogP contribution is 2.23. The lowest BCUT2D eigenvalue weighted by Crippen LogP contribution is -2.21. The number of hydrogen-bond acceptors (Lipinski definition) is 5. The fourth-order valence-corrected chi connectivity index (χ4v) is 2.74. The highest BCUT2D eigenvalue weighted by Gasteiger charge is 2.11. The van der Waals surface area contributed by atoms with Gasteiger partial charge in [0.05, 0.1) is 12.8 Å². The van der Waals surface area contributed by atoms with Gasteiger partial charge in [0.15, 0.2) is 6.61 Å². The molecule has 0 aliphatic carbocycles. The molecular formula is C21H23BrN2O5. The molecule has 0 aliphatic heterocycles. The first kappa shape index (κ1) is 22.4. The largest absolute Gasteiger partial charge is 0.495 e. The van der Waals surface area contributed by atoms with Gasteiger partial charge < -0.3 is 20.1 Å². The molecule has 0 radical (unpaired) electrons. The molecule has 2 aromatic carbocycles. The molecule has 8 heteroatoms. The number of anilines is 2. The second-order valence-corrected chi connectivity index (χ2v) is 7.13. The van der Waals surface area contributed by atoms with E-state index in [9.17, 15) is 14.4 Å². The number of carbonyl (C=O) groups excluding carboxylic acids is 3. The Balaban J connectivity index is 1.66. The average Bonchev–Trinajstić information content (AvgIpc) is 2.69. The summed E-state index contributed by atoms with van der Waals surface area (Å²) in [4.78, 5) is 35.7. The number of amides is 2. The standard InChI is InChI=1S/C21H23BrN2O5/c1-14-12-15(10-11-16(14)22)23-20(26)13-29-21(27)9-5-8-19(25)24-17-6-3-4-7-18(17)28-2/h3-4,6-7,10-12H,5,8-9,13H2,1-2H3,(H,23,26)(H,24,25). The number of carbonyl (C=O) groups is 3. The number of rotatable bonds is 9. The third-order valence-electron chi connectivity index (χ3n) is 3.97. The summed E-state index contributed by atoms with van der Waals surface area (Å²) < 4.78 is 11.1. The number of benzene rings is 2. The van der Waals surface area contributed by atoms with E-state index >= 15 is 0 Å². The fraction of sp³-hybridized carbons (Fsp3) is 0.286. The van der Waals surface area contributed by atoms with Crippen LogP contribution in [0.5, 0.6) is 5.75 Å². The Bertz CT molecular complexity index is 885. The van der Waals surface area contributed by atoms with Gasteiger partial charge in [0.25, 0.3) is 5.91 Å². The van der Waals surface area contributed by atoms with Gasteiger partial charge in [0, 0.05) is 23.0 Å². The average molecular weight is 463 g/mol. The predicted octanol–water partition coefficient (Wildman–Crippen LogP) is 4.06. The van der Waals surface area contributed by atoms with Crippen molar-refractivity contribution in [3.8, 4) is 5.75 Å². The van der Waals surface area contributed by atoms with Crippen LogP contribution < -0.4 is 15.4 Å². The van der Waals surface area contributed by atoms with Crippen LogP contribution in [0.4, 0.5) is 11.4 Å². The lowest BCUT2D eigenvalue weighted by Gasteiger charge is -2.10. The molecule has 0 aromatic heterocycles. The Morgan fingerprint density at radius 3 is 2.48 bits per heavy atom. The van der Waals surface area contributed by atoms with Crippen LogP contribution in [0.3, 0.4) is 0 Å². The minimum atomic E-state index is -0.530. The van der Waals surface area contributed by atoms with Gasteiger partial charge in [0.1, 0.15) is 5.75 Å². The van der Waals surface area contributed by atoms with Crippen molar-refractivity contribution in [3.63, 3.8) is 0 Å². The summed E-state index contributed by atoms with van der Waals surface area (Å²) in [5.41, 5.74) is 2.17. The molecule has 2 N–H and O–H groups in total. The highest BCUT2D eigenvalue weighted by molar-refractivity contribution is 9.10. The first-order valence-corrected chi connectivity index (χ1v) is 9.83. The quantitative estimate of drug-likeness (QED) is 0.548. The van der Waals surface area contributed by atoms with Crippen molar-refractivity contribution in [2.75, 3.05) is 24.4 Å². The maximum absolute atomic E-state index is 12.0.